The third kappa shape index (κ3) is 3.38. The van der Waals surface area contributed by atoms with E-state index in [1.54, 1.807) is 0 Å². The number of isothiocyanates is 1. The van der Waals surface area contributed by atoms with Crippen molar-refractivity contribution in [1.82, 2.24) is 0 Å². The highest BCUT2D eigenvalue weighted by atomic mass is 32.2. The van der Waals surface area contributed by atoms with Crippen LogP contribution in [-0.4, -0.2) is 25.0 Å². The van der Waals surface area contributed by atoms with Crippen molar-refractivity contribution < 1.29 is 8.42 Å². The molecule has 0 aromatic carbocycles. The Morgan fingerprint density at radius 3 is 3.00 bits per heavy atom. The summed E-state index contributed by atoms with van der Waals surface area (Å²) < 4.78 is 21.3. The average molecular weight is 217 g/mol. The van der Waals surface area contributed by atoms with Crippen molar-refractivity contribution in [1.29, 1.82) is 0 Å². The number of aliphatic imine (C=N–C) groups is 1. The van der Waals surface area contributed by atoms with E-state index in [2.05, 4.69) is 22.4 Å². The fraction of sp³-hybridized carbons (Fsp3) is 0.750. The molecule has 0 N–H and O–H groups in total. The summed E-state index contributed by atoms with van der Waals surface area (Å²) in [6.45, 7) is 0.615. The molecule has 13 heavy (non-hydrogen) atoms. The van der Waals surface area contributed by atoms with Crippen LogP contribution >= 0.6 is 12.2 Å². The molecule has 1 unspecified atom stereocenters. The standard InChI is InChI=1S/C8H11NO2S2/c10-13(11)8-3-1-2-7(4-8)5-9-6-12/h7H,1-5H2. The van der Waals surface area contributed by atoms with Crippen LogP contribution in [-0.2, 0) is 10.3 Å². The molecule has 1 atom stereocenters. The summed E-state index contributed by atoms with van der Waals surface area (Å²) in [5.41, 5.74) is 0. The Kier molecular flexibility index (Phi) is 4.28. The van der Waals surface area contributed by atoms with Gasteiger partial charge in [-0.2, -0.15) is 8.42 Å². The first kappa shape index (κ1) is 10.6. The van der Waals surface area contributed by atoms with Gasteiger partial charge in [-0.05, 0) is 43.8 Å². The average Bonchev–Trinajstić information content (AvgIpc) is 2.15. The lowest BCUT2D eigenvalue weighted by Crippen LogP contribution is -2.18. The Labute approximate surface area is 84.4 Å². The summed E-state index contributed by atoms with van der Waals surface area (Å²) in [4.78, 5) is 4.47. The maximum absolute atomic E-state index is 10.7. The molecule has 0 heterocycles. The largest absolute Gasteiger partial charge is 0.232 e. The minimum absolute atomic E-state index is 0.345. The smallest absolute Gasteiger partial charge is 0.213 e. The second-order valence-electron chi connectivity index (χ2n) is 3.17. The van der Waals surface area contributed by atoms with Crippen molar-refractivity contribution in [2.45, 2.75) is 25.7 Å². The number of thiocarbonyl (C=S) groups is 1. The molecule has 0 aromatic heterocycles. The van der Waals surface area contributed by atoms with Gasteiger partial charge in [-0.15, -0.1) is 0 Å². The van der Waals surface area contributed by atoms with Gasteiger partial charge in [0, 0.05) is 4.86 Å². The van der Waals surface area contributed by atoms with Crippen LogP contribution in [0.5, 0.6) is 0 Å². The van der Waals surface area contributed by atoms with E-state index < -0.39 is 10.3 Å². The van der Waals surface area contributed by atoms with E-state index in [9.17, 15) is 8.42 Å². The van der Waals surface area contributed by atoms with Crippen molar-refractivity contribution >= 4 is 32.5 Å². The van der Waals surface area contributed by atoms with Crippen LogP contribution in [0.4, 0.5) is 0 Å². The molecule has 0 saturated heterocycles. The highest BCUT2D eigenvalue weighted by Gasteiger charge is 2.18. The molecule has 0 amide bonds. The van der Waals surface area contributed by atoms with Crippen LogP contribution in [0, 0.1) is 5.92 Å². The van der Waals surface area contributed by atoms with Crippen LogP contribution in [0.15, 0.2) is 4.99 Å². The molecule has 5 heteroatoms. The van der Waals surface area contributed by atoms with Gasteiger partial charge in [0.15, 0.2) is 0 Å². The van der Waals surface area contributed by atoms with Crippen LogP contribution in [0.25, 0.3) is 0 Å². The minimum Gasteiger partial charge on any atom is -0.232 e. The molecule has 0 bridgehead atoms. The first-order valence-corrected chi connectivity index (χ1v) is 5.70. The number of hydrogen-bond donors (Lipinski definition) is 0. The molecule has 0 aliphatic heterocycles. The second kappa shape index (κ2) is 5.27. The molecule has 3 nitrogen and oxygen atoms in total. The lowest BCUT2D eigenvalue weighted by Gasteiger charge is -2.19. The Hall–Kier alpha value is -0.510. The topological polar surface area (TPSA) is 46.5 Å². The van der Waals surface area contributed by atoms with Gasteiger partial charge in [-0.3, -0.25) is 0 Å². The highest BCUT2D eigenvalue weighted by molar-refractivity contribution is 7.78. The zero-order chi connectivity index (χ0) is 9.68. The normalized spacial score (nSPS) is 22.2. The van der Waals surface area contributed by atoms with Gasteiger partial charge in [-0.1, -0.05) is 0 Å². The monoisotopic (exact) mass is 217 g/mol. The summed E-state index contributed by atoms with van der Waals surface area (Å²) in [6, 6.07) is 0. The van der Waals surface area contributed by atoms with Gasteiger partial charge >= 0.3 is 0 Å². The predicted molar refractivity (Wildman–Crippen MR) is 55.8 cm³/mol. The Morgan fingerprint density at radius 2 is 2.38 bits per heavy atom. The van der Waals surface area contributed by atoms with E-state index in [0.29, 0.717) is 30.2 Å². The fourth-order valence-electron chi connectivity index (χ4n) is 1.59. The summed E-state index contributed by atoms with van der Waals surface area (Å²) in [5, 5.41) is 2.30. The lowest BCUT2D eigenvalue weighted by atomic mass is 9.89. The van der Waals surface area contributed by atoms with Crippen molar-refractivity contribution in [3.63, 3.8) is 0 Å². The van der Waals surface area contributed by atoms with Crippen LogP contribution in [0.2, 0.25) is 0 Å². The maximum Gasteiger partial charge on any atom is 0.213 e. The summed E-state index contributed by atoms with van der Waals surface area (Å²) in [7, 11) is -2.00. The first-order valence-electron chi connectivity index (χ1n) is 4.21. The highest BCUT2D eigenvalue weighted by Crippen LogP contribution is 2.21. The van der Waals surface area contributed by atoms with Crippen LogP contribution in [0.3, 0.4) is 0 Å². The zero-order valence-electron chi connectivity index (χ0n) is 7.19. The minimum atomic E-state index is -2.00. The molecule has 1 rings (SSSR count). The SMILES string of the molecule is O=S(=O)=C1CCCC(CN=C=S)C1. The van der Waals surface area contributed by atoms with Crippen molar-refractivity contribution in [2.24, 2.45) is 10.9 Å². The molecule has 1 saturated carbocycles. The van der Waals surface area contributed by atoms with E-state index in [1.807, 2.05) is 0 Å². The van der Waals surface area contributed by atoms with E-state index in [1.165, 1.54) is 0 Å². The molecule has 0 radical (unpaired) electrons. The molecule has 72 valence electrons. The van der Waals surface area contributed by atoms with E-state index in [-0.39, 0.29) is 0 Å². The molecular weight excluding hydrogens is 206 g/mol. The predicted octanol–water partition coefficient (Wildman–Crippen LogP) is 1.33. The van der Waals surface area contributed by atoms with E-state index in [0.717, 1.165) is 12.8 Å². The number of nitrogens with zero attached hydrogens (tertiary/aromatic N) is 1. The fourth-order valence-corrected chi connectivity index (χ4v) is 2.34. The third-order valence-electron chi connectivity index (χ3n) is 2.23. The molecular formula is C8H11NO2S2. The van der Waals surface area contributed by atoms with Gasteiger partial charge in [0.25, 0.3) is 0 Å². The van der Waals surface area contributed by atoms with Gasteiger partial charge in [0.05, 0.1) is 11.7 Å². The van der Waals surface area contributed by atoms with Crippen molar-refractivity contribution in [3.05, 3.63) is 0 Å². The Morgan fingerprint density at radius 1 is 1.62 bits per heavy atom. The van der Waals surface area contributed by atoms with Crippen LogP contribution in [0.1, 0.15) is 25.7 Å². The van der Waals surface area contributed by atoms with Gasteiger partial charge in [0.1, 0.15) is 0 Å². The summed E-state index contributed by atoms with van der Waals surface area (Å²) in [6.07, 6.45) is 3.35. The quantitative estimate of drug-likeness (QED) is 0.518. The van der Waals surface area contributed by atoms with E-state index in [4.69, 9.17) is 0 Å². The van der Waals surface area contributed by atoms with Crippen LogP contribution < -0.4 is 0 Å². The molecule has 1 fully saturated rings. The molecule has 1 aliphatic rings. The Balaban J connectivity index is 2.62. The summed E-state index contributed by atoms with van der Waals surface area (Å²) >= 11 is 4.46. The van der Waals surface area contributed by atoms with Gasteiger partial charge in [-0.25, -0.2) is 4.99 Å². The third-order valence-corrected chi connectivity index (χ3v) is 3.21. The molecule has 0 spiro atoms. The number of rotatable bonds is 2. The molecule has 0 aromatic rings. The van der Waals surface area contributed by atoms with Crippen molar-refractivity contribution in [3.8, 4) is 0 Å². The second-order valence-corrected chi connectivity index (χ2v) is 4.40. The molecule has 1 aliphatic carbocycles. The Bertz CT molecular complexity index is 344. The summed E-state index contributed by atoms with van der Waals surface area (Å²) in [5.74, 6) is 0.345. The van der Waals surface area contributed by atoms with Crippen molar-refractivity contribution in [2.75, 3.05) is 6.54 Å². The lowest BCUT2D eigenvalue weighted by molar-refractivity contribution is 0.475. The van der Waals surface area contributed by atoms with Gasteiger partial charge < -0.3 is 0 Å². The van der Waals surface area contributed by atoms with E-state index >= 15 is 0 Å². The zero-order valence-corrected chi connectivity index (χ0v) is 8.83. The first-order chi connectivity index (χ1) is 6.24. The maximum atomic E-state index is 10.7. The number of hydrogen-bond acceptors (Lipinski definition) is 4. The van der Waals surface area contributed by atoms with Gasteiger partial charge in [0.2, 0.25) is 10.3 Å².